The van der Waals surface area contributed by atoms with Crippen LogP contribution in [0, 0.1) is 6.92 Å². The summed E-state index contributed by atoms with van der Waals surface area (Å²) in [6.07, 6.45) is 2.15. The predicted octanol–water partition coefficient (Wildman–Crippen LogP) is 4.08. The number of oxazole rings is 1. The highest BCUT2D eigenvalue weighted by atomic mass is 16.5. The fourth-order valence-corrected chi connectivity index (χ4v) is 4.05. The monoisotopic (exact) mass is 478 g/mol. The number of rotatable bonds is 11. The van der Waals surface area contributed by atoms with Crippen LogP contribution < -0.4 is 10.1 Å². The highest BCUT2D eigenvalue weighted by Crippen LogP contribution is 2.23. The van der Waals surface area contributed by atoms with Crippen molar-refractivity contribution in [1.29, 1.82) is 0 Å². The first-order valence-electron chi connectivity index (χ1n) is 11.9. The maximum atomic E-state index is 12.4. The molecule has 0 saturated carbocycles. The van der Waals surface area contributed by atoms with E-state index < -0.39 is 12.1 Å². The second kappa shape index (κ2) is 11.7. The Morgan fingerprint density at radius 2 is 1.97 bits per heavy atom. The van der Waals surface area contributed by atoms with Crippen LogP contribution in [-0.2, 0) is 33.7 Å². The third-order valence-electron chi connectivity index (χ3n) is 5.98. The Bertz CT molecular complexity index is 1150. The number of hydrogen-bond acceptors (Lipinski definition) is 6. The standard InChI is InChI=1S/C27H30N2O6/c1-18-23(29-27(35-18)20-6-3-2-4-7-20)13-15-33-22-11-9-19(10-12-25(30)31)21(16-22)17-28-26(32)24-8-5-14-34-24/h2-4,6-7,9,11,16,24H,5,8,10,12-15,17H2,1H3,(H,28,32)(H,30,31). The Morgan fingerprint density at radius 3 is 2.71 bits per heavy atom. The van der Waals surface area contributed by atoms with Crippen molar-refractivity contribution in [1.82, 2.24) is 10.3 Å². The van der Waals surface area contributed by atoms with Gasteiger partial charge in [-0.15, -0.1) is 0 Å². The molecule has 1 fully saturated rings. The summed E-state index contributed by atoms with van der Waals surface area (Å²) in [5.74, 6) is 0.986. The number of carbonyl (C=O) groups is 2. The van der Waals surface area contributed by atoms with Gasteiger partial charge in [-0.3, -0.25) is 9.59 Å². The predicted molar refractivity (Wildman–Crippen MR) is 129 cm³/mol. The minimum Gasteiger partial charge on any atom is -0.493 e. The van der Waals surface area contributed by atoms with E-state index in [4.69, 9.17) is 19.0 Å². The average Bonchev–Trinajstić information content (AvgIpc) is 3.53. The van der Waals surface area contributed by atoms with Crippen molar-refractivity contribution >= 4 is 11.9 Å². The molecule has 184 valence electrons. The zero-order valence-electron chi connectivity index (χ0n) is 19.8. The summed E-state index contributed by atoms with van der Waals surface area (Å²) in [5, 5.41) is 12.0. The van der Waals surface area contributed by atoms with Gasteiger partial charge in [-0.05, 0) is 61.6 Å². The van der Waals surface area contributed by atoms with Gasteiger partial charge in [0.1, 0.15) is 17.6 Å². The van der Waals surface area contributed by atoms with Crippen molar-refractivity contribution in [2.45, 2.75) is 51.7 Å². The largest absolute Gasteiger partial charge is 0.493 e. The number of carbonyl (C=O) groups excluding carboxylic acids is 1. The van der Waals surface area contributed by atoms with E-state index in [0.29, 0.717) is 44.1 Å². The van der Waals surface area contributed by atoms with Gasteiger partial charge in [0.05, 0.1) is 12.3 Å². The first-order chi connectivity index (χ1) is 17.0. The molecule has 1 amide bonds. The van der Waals surface area contributed by atoms with E-state index in [1.54, 1.807) is 0 Å². The lowest BCUT2D eigenvalue weighted by Gasteiger charge is -2.15. The molecule has 1 aliphatic heterocycles. The lowest BCUT2D eigenvalue weighted by Crippen LogP contribution is -2.33. The van der Waals surface area contributed by atoms with Gasteiger partial charge in [-0.1, -0.05) is 24.3 Å². The van der Waals surface area contributed by atoms with Gasteiger partial charge >= 0.3 is 5.97 Å². The Hall–Kier alpha value is -3.65. The molecule has 8 heteroatoms. The number of nitrogens with zero attached hydrogens (tertiary/aromatic N) is 1. The van der Waals surface area contributed by atoms with Crippen LogP contribution in [0.15, 0.2) is 52.9 Å². The Morgan fingerprint density at radius 1 is 1.14 bits per heavy atom. The van der Waals surface area contributed by atoms with E-state index in [2.05, 4.69) is 10.3 Å². The first kappa shape index (κ1) is 24.5. The SMILES string of the molecule is Cc1oc(-c2ccccc2)nc1CCOc1ccc(CCC(=O)O)c(CNC(=O)C2CCCO2)c1. The van der Waals surface area contributed by atoms with E-state index in [1.165, 1.54) is 0 Å². The number of aryl methyl sites for hydroxylation is 2. The third kappa shape index (κ3) is 6.70. The van der Waals surface area contributed by atoms with Crippen molar-refractivity contribution in [3.63, 3.8) is 0 Å². The minimum absolute atomic E-state index is 0.0159. The summed E-state index contributed by atoms with van der Waals surface area (Å²) in [4.78, 5) is 28.0. The summed E-state index contributed by atoms with van der Waals surface area (Å²) in [7, 11) is 0. The summed E-state index contributed by atoms with van der Waals surface area (Å²) < 4.78 is 17.2. The van der Waals surface area contributed by atoms with E-state index in [-0.39, 0.29) is 18.9 Å². The molecule has 1 aliphatic rings. The van der Waals surface area contributed by atoms with Crippen molar-refractivity contribution < 1.29 is 28.6 Å². The molecule has 2 N–H and O–H groups in total. The Labute approximate surface area is 204 Å². The average molecular weight is 479 g/mol. The number of ether oxygens (including phenoxy) is 2. The van der Waals surface area contributed by atoms with Gasteiger partial charge < -0.3 is 24.3 Å². The summed E-state index contributed by atoms with van der Waals surface area (Å²) in [5.41, 5.74) is 3.46. The highest BCUT2D eigenvalue weighted by molar-refractivity contribution is 5.81. The fraction of sp³-hybridized carbons (Fsp3) is 0.370. The maximum Gasteiger partial charge on any atom is 0.303 e. The van der Waals surface area contributed by atoms with Crippen LogP contribution in [0.2, 0.25) is 0 Å². The second-order valence-electron chi connectivity index (χ2n) is 8.53. The molecule has 3 aromatic rings. The van der Waals surface area contributed by atoms with E-state index in [0.717, 1.165) is 34.6 Å². The number of amides is 1. The first-order valence-corrected chi connectivity index (χ1v) is 11.9. The molecule has 1 unspecified atom stereocenters. The maximum absolute atomic E-state index is 12.4. The third-order valence-corrected chi connectivity index (χ3v) is 5.98. The Balaban J connectivity index is 1.38. The van der Waals surface area contributed by atoms with Crippen molar-refractivity contribution in [2.75, 3.05) is 13.2 Å². The summed E-state index contributed by atoms with van der Waals surface area (Å²) in [6, 6.07) is 15.3. The molecule has 1 atom stereocenters. The Kier molecular flexibility index (Phi) is 8.15. The molecule has 8 nitrogen and oxygen atoms in total. The zero-order chi connectivity index (χ0) is 24.6. The van der Waals surface area contributed by atoms with Crippen LogP contribution in [0.25, 0.3) is 11.5 Å². The molecule has 1 saturated heterocycles. The lowest BCUT2D eigenvalue weighted by atomic mass is 10.0. The number of benzene rings is 2. The van der Waals surface area contributed by atoms with Gasteiger partial charge in [0.15, 0.2) is 0 Å². The van der Waals surface area contributed by atoms with Gasteiger partial charge in [-0.2, -0.15) is 0 Å². The van der Waals surface area contributed by atoms with E-state index in [1.807, 2.05) is 55.5 Å². The van der Waals surface area contributed by atoms with Gasteiger partial charge in [0.25, 0.3) is 0 Å². The number of carboxylic acids is 1. The number of aliphatic carboxylic acids is 1. The molecule has 2 aromatic carbocycles. The van der Waals surface area contributed by atoms with Crippen molar-refractivity contribution in [3.05, 3.63) is 71.1 Å². The smallest absolute Gasteiger partial charge is 0.303 e. The quantitative estimate of drug-likeness (QED) is 0.427. The van der Waals surface area contributed by atoms with Gasteiger partial charge in [0, 0.05) is 31.6 Å². The number of nitrogens with one attached hydrogen (secondary N) is 1. The van der Waals surface area contributed by atoms with Crippen LogP contribution in [-0.4, -0.2) is 41.3 Å². The highest BCUT2D eigenvalue weighted by Gasteiger charge is 2.23. The van der Waals surface area contributed by atoms with E-state index >= 15 is 0 Å². The van der Waals surface area contributed by atoms with E-state index in [9.17, 15) is 9.59 Å². The topological polar surface area (TPSA) is 111 Å². The summed E-state index contributed by atoms with van der Waals surface area (Å²) >= 11 is 0. The van der Waals surface area contributed by atoms with Crippen LogP contribution >= 0.6 is 0 Å². The molecule has 0 radical (unpaired) electrons. The van der Waals surface area contributed by atoms with Crippen LogP contribution in [0.4, 0.5) is 0 Å². The minimum atomic E-state index is -0.863. The van der Waals surface area contributed by atoms with Crippen LogP contribution in [0.3, 0.4) is 0 Å². The number of aromatic nitrogens is 1. The zero-order valence-corrected chi connectivity index (χ0v) is 19.8. The molecule has 35 heavy (non-hydrogen) atoms. The second-order valence-corrected chi connectivity index (χ2v) is 8.53. The van der Waals surface area contributed by atoms with Gasteiger partial charge in [0.2, 0.25) is 11.8 Å². The number of hydrogen-bond donors (Lipinski definition) is 2. The molecule has 2 heterocycles. The molecule has 0 bridgehead atoms. The summed E-state index contributed by atoms with van der Waals surface area (Å²) in [6.45, 7) is 3.18. The van der Waals surface area contributed by atoms with Crippen LogP contribution in [0.5, 0.6) is 5.75 Å². The normalized spacial score (nSPS) is 15.2. The van der Waals surface area contributed by atoms with Gasteiger partial charge in [-0.25, -0.2) is 4.98 Å². The molecule has 4 rings (SSSR count). The fourth-order valence-electron chi connectivity index (χ4n) is 4.05. The van der Waals surface area contributed by atoms with Crippen molar-refractivity contribution in [3.8, 4) is 17.2 Å². The molecule has 1 aromatic heterocycles. The number of carboxylic acid groups (broad SMARTS) is 1. The molecule has 0 spiro atoms. The molecule has 0 aliphatic carbocycles. The lowest BCUT2D eigenvalue weighted by molar-refractivity contribution is -0.137. The van der Waals surface area contributed by atoms with Crippen LogP contribution in [0.1, 0.15) is 41.8 Å². The van der Waals surface area contributed by atoms with Crippen molar-refractivity contribution in [2.24, 2.45) is 0 Å². The molecular formula is C27H30N2O6. The molecular weight excluding hydrogens is 448 g/mol.